The Balaban J connectivity index is 2.58. The largest absolute Gasteiger partial charge is 0.481 e. The quantitative estimate of drug-likeness (QED) is 0.666. The van der Waals surface area contributed by atoms with E-state index in [0.717, 1.165) is 6.54 Å². The number of aliphatic carboxylic acids is 1. The minimum Gasteiger partial charge on any atom is -0.481 e. The van der Waals surface area contributed by atoms with Crippen LogP contribution in [0.5, 0.6) is 0 Å². The van der Waals surface area contributed by atoms with Crippen molar-refractivity contribution < 1.29 is 14.6 Å². The molecule has 0 spiro atoms. The summed E-state index contributed by atoms with van der Waals surface area (Å²) in [4.78, 5) is 10.9. The van der Waals surface area contributed by atoms with E-state index in [4.69, 9.17) is 9.84 Å². The number of rotatable bonds is 4. The fourth-order valence-corrected chi connectivity index (χ4v) is 1.74. The molecule has 76 valence electrons. The average molecular weight is 187 g/mol. The van der Waals surface area contributed by atoms with E-state index in [2.05, 4.69) is 5.32 Å². The standard InChI is InChI=1S/C9H17NO3/c1-3-13-6-9(2)5-10-4-7(9)8(11)12/h7,10H,3-6H2,1-2H3,(H,11,12). The molecule has 1 rings (SSSR count). The molecule has 0 bridgehead atoms. The lowest BCUT2D eigenvalue weighted by molar-refractivity contribution is -0.145. The second-order valence-corrected chi connectivity index (χ2v) is 3.81. The van der Waals surface area contributed by atoms with Gasteiger partial charge >= 0.3 is 5.97 Å². The van der Waals surface area contributed by atoms with Crippen molar-refractivity contribution in [1.82, 2.24) is 5.32 Å². The highest BCUT2D eigenvalue weighted by molar-refractivity contribution is 5.71. The maximum atomic E-state index is 10.9. The third-order valence-electron chi connectivity index (χ3n) is 2.65. The van der Waals surface area contributed by atoms with Crippen LogP contribution in [0.15, 0.2) is 0 Å². The molecule has 0 aromatic carbocycles. The molecule has 0 aromatic heterocycles. The second-order valence-electron chi connectivity index (χ2n) is 3.81. The fourth-order valence-electron chi connectivity index (χ4n) is 1.74. The number of carbonyl (C=O) groups is 1. The first-order chi connectivity index (χ1) is 6.10. The monoisotopic (exact) mass is 187 g/mol. The third kappa shape index (κ3) is 2.19. The Bertz CT molecular complexity index is 195. The SMILES string of the molecule is CCOCC1(C)CNCC1C(=O)O. The summed E-state index contributed by atoms with van der Waals surface area (Å²) in [6, 6.07) is 0. The topological polar surface area (TPSA) is 58.6 Å². The van der Waals surface area contributed by atoms with Gasteiger partial charge in [0, 0.05) is 25.1 Å². The Morgan fingerprint density at radius 3 is 3.00 bits per heavy atom. The highest BCUT2D eigenvalue weighted by Gasteiger charge is 2.43. The van der Waals surface area contributed by atoms with Crippen LogP contribution in [0, 0.1) is 11.3 Å². The first-order valence-corrected chi connectivity index (χ1v) is 4.61. The first kappa shape index (κ1) is 10.5. The van der Waals surface area contributed by atoms with Crippen molar-refractivity contribution in [3.8, 4) is 0 Å². The van der Waals surface area contributed by atoms with Crippen molar-refractivity contribution in [2.75, 3.05) is 26.3 Å². The molecule has 0 aromatic rings. The van der Waals surface area contributed by atoms with Gasteiger partial charge in [-0.05, 0) is 6.92 Å². The summed E-state index contributed by atoms with van der Waals surface area (Å²) in [5.74, 6) is -1.05. The highest BCUT2D eigenvalue weighted by atomic mass is 16.5. The van der Waals surface area contributed by atoms with Gasteiger partial charge in [-0.3, -0.25) is 4.79 Å². The van der Waals surface area contributed by atoms with Gasteiger partial charge in [0.1, 0.15) is 0 Å². The maximum Gasteiger partial charge on any atom is 0.308 e. The zero-order chi connectivity index (χ0) is 9.90. The summed E-state index contributed by atoms with van der Waals surface area (Å²) in [6.07, 6.45) is 0. The lowest BCUT2D eigenvalue weighted by Crippen LogP contribution is -2.36. The molecule has 1 fully saturated rings. The van der Waals surface area contributed by atoms with Gasteiger partial charge in [-0.1, -0.05) is 6.92 Å². The molecular formula is C9H17NO3. The van der Waals surface area contributed by atoms with Gasteiger partial charge in [-0.2, -0.15) is 0 Å². The molecule has 1 aliphatic rings. The predicted molar refractivity (Wildman–Crippen MR) is 48.6 cm³/mol. The van der Waals surface area contributed by atoms with Gasteiger partial charge in [0.05, 0.1) is 12.5 Å². The summed E-state index contributed by atoms with van der Waals surface area (Å²) < 4.78 is 5.30. The van der Waals surface area contributed by atoms with E-state index in [1.54, 1.807) is 0 Å². The van der Waals surface area contributed by atoms with E-state index >= 15 is 0 Å². The summed E-state index contributed by atoms with van der Waals surface area (Å²) >= 11 is 0. The van der Waals surface area contributed by atoms with E-state index in [1.165, 1.54) is 0 Å². The summed E-state index contributed by atoms with van der Waals surface area (Å²) in [6.45, 7) is 6.32. The van der Waals surface area contributed by atoms with Gasteiger partial charge in [-0.15, -0.1) is 0 Å². The van der Waals surface area contributed by atoms with Crippen molar-refractivity contribution in [3.05, 3.63) is 0 Å². The molecule has 1 heterocycles. The van der Waals surface area contributed by atoms with E-state index in [-0.39, 0.29) is 11.3 Å². The van der Waals surface area contributed by atoms with Gasteiger partial charge in [0.25, 0.3) is 0 Å². The van der Waals surface area contributed by atoms with Gasteiger partial charge in [0.15, 0.2) is 0 Å². The second kappa shape index (κ2) is 4.07. The highest BCUT2D eigenvalue weighted by Crippen LogP contribution is 2.31. The van der Waals surface area contributed by atoms with Gasteiger partial charge < -0.3 is 15.2 Å². The minimum absolute atomic E-state index is 0.248. The van der Waals surface area contributed by atoms with Crippen LogP contribution in [0.4, 0.5) is 0 Å². The van der Waals surface area contributed by atoms with Crippen molar-refractivity contribution in [2.45, 2.75) is 13.8 Å². The Labute approximate surface area is 78.3 Å². The van der Waals surface area contributed by atoms with Crippen molar-refractivity contribution in [2.24, 2.45) is 11.3 Å². The molecule has 4 heteroatoms. The average Bonchev–Trinajstić information content (AvgIpc) is 2.44. The maximum absolute atomic E-state index is 10.9. The predicted octanol–water partition coefficient (Wildman–Crippen LogP) is 0.333. The number of ether oxygens (including phenoxy) is 1. The lowest BCUT2D eigenvalue weighted by atomic mass is 9.81. The number of hydrogen-bond acceptors (Lipinski definition) is 3. The van der Waals surface area contributed by atoms with E-state index in [9.17, 15) is 4.79 Å². The molecule has 1 aliphatic heterocycles. The number of carboxylic acid groups (broad SMARTS) is 1. The van der Waals surface area contributed by atoms with E-state index in [0.29, 0.717) is 19.8 Å². The Hall–Kier alpha value is -0.610. The lowest BCUT2D eigenvalue weighted by Gasteiger charge is -2.27. The van der Waals surface area contributed by atoms with Crippen molar-refractivity contribution in [1.29, 1.82) is 0 Å². The number of nitrogens with one attached hydrogen (secondary N) is 1. The molecule has 2 N–H and O–H groups in total. The van der Waals surface area contributed by atoms with Crippen LogP contribution < -0.4 is 5.32 Å². The molecule has 1 saturated heterocycles. The van der Waals surface area contributed by atoms with E-state index in [1.807, 2.05) is 13.8 Å². The van der Waals surface area contributed by atoms with Crippen LogP contribution in [0.3, 0.4) is 0 Å². The fraction of sp³-hybridized carbons (Fsp3) is 0.889. The third-order valence-corrected chi connectivity index (χ3v) is 2.65. The Morgan fingerprint density at radius 2 is 2.46 bits per heavy atom. The minimum atomic E-state index is -0.729. The van der Waals surface area contributed by atoms with Crippen LogP contribution in [0.25, 0.3) is 0 Å². The molecule has 0 saturated carbocycles. The molecule has 2 atom stereocenters. The van der Waals surface area contributed by atoms with E-state index < -0.39 is 5.97 Å². The summed E-state index contributed by atoms with van der Waals surface area (Å²) in [5, 5.41) is 12.0. The molecule has 4 nitrogen and oxygen atoms in total. The molecule has 2 unspecified atom stereocenters. The number of hydrogen-bond donors (Lipinski definition) is 2. The van der Waals surface area contributed by atoms with Crippen molar-refractivity contribution in [3.63, 3.8) is 0 Å². The Kier molecular flexibility index (Phi) is 3.27. The zero-order valence-corrected chi connectivity index (χ0v) is 8.17. The first-order valence-electron chi connectivity index (χ1n) is 4.61. The normalized spacial score (nSPS) is 33.5. The van der Waals surface area contributed by atoms with Gasteiger partial charge in [-0.25, -0.2) is 0 Å². The zero-order valence-electron chi connectivity index (χ0n) is 8.17. The molecule has 0 radical (unpaired) electrons. The van der Waals surface area contributed by atoms with Crippen LogP contribution in [-0.2, 0) is 9.53 Å². The van der Waals surface area contributed by atoms with Crippen LogP contribution >= 0.6 is 0 Å². The van der Waals surface area contributed by atoms with Crippen LogP contribution in [0.1, 0.15) is 13.8 Å². The Morgan fingerprint density at radius 1 is 1.77 bits per heavy atom. The van der Waals surface area contributed by atoms with Gasteiger partial charge in [0.2, 0.25) is 0 Å². The molecule has 0 aliphatic carbocycles. The molecule has 13 heavy (non-hydrogen) atoms. The summed E-state index contributed by atoms with van der Waals surface area (Å²) in [5.41, 5.74) is -0.248. The van der Waals surface area contributed by atoms with Crippen LogP contribution in [0.2, 0.25) is 0 Å². The molecular weight excluding hydrogens is 170 g/mol. The van der Waals surface area contributed by atoms with Crippen molar-refractivity contribution >= 4 is 5.97 Å². The molecule has 0 amide bonds. The number of carboxylic acids is 1. The summed E-state index contributed by atoms with van der Waals surface area (Å²) in [7, 11) is 0. The van der Waals surface area contributed by atoms with Crippen LogP contribution in [-0.4, -0.2) is 37.4 Å². The smallest absolute Gasteiger partial charge is 0.308 e.